The molecule has 0 unspecified atom stereocenters. The molecule has 0 fully saturated rings. The van der Waals surface area contributed by atoms with Gasteiger partial charge in [-0.05, 0) is 12.1 Å². The van der Waals surface area contributed by atoms with Crippen LogP contribution in [-0.2, 0) is 6.54 Å². The van der Waals surface area contributed by atoms with E-state index in [-0.39, 0.29) is 5.43 Å². The van der Waals surface area contributed by atoms with Gasteiger partial charge in [0.15, 0.2) is 0 Å². The molecule has 4 nitrogen and oxygen atoms in total. The molecular weight excluding hydrogens is 214 g/mol. The Morgan fingerprint density at radius 2 is 2.12 bits per heavy atom. The smallest absolute Gasteiger partial charge is 0.207 e. The second-order valence-corrected chi connectivity index (χ2v) is 4.36. The van der Waals surface area contributed by atoms with E-state index in [1.54, 1.807) is 0 Å². The molecule has 0 amide bonds. The number of para-hydroxylation sites is 1. The summed E-state index contributed by atoms with van der Waals surface area (Å²) in [6.45, 7) is 5.82. The minimum Gasteiger partial charge on any atom is -0.313 e. The maximum absolute atomic E-state index is 11.6. The lowest BCUT2D eigenvalue weighted by molar-refractivity contribution is 0.520. The highest BCUT2D eigenvalue weighted by Crippen LogP contribution is 2.07. The van der Waals surface area contributed by atoms with Gasteiger partial charge in [0.05, 0.1) is 18.3 Å². The highest BCUT2D eigenvalue weighted by atomic mass is 16.1. The molecule has 2 aromatic rings. The number of benzene rings is 1. The zero-order chi connectivity index (χ0) is 12.3. The minimum absolute atomic E-state index is 0.0198. The number of hydrogen-bond donors (Lipinski definition) is 1. The van der Waals surface area contributed by atoms with E-state index in [4.69, 9.17) is 0 Å². The van der Waals surface area contributed by atoms with Gasteiger partial charge >= 0.3 is 0 Å². The number of aromatic nitrogens is 2. The summed E-state index contributed by atoms with van der Waals surface area (Å²) >= 11 is 0. The van der Waals surface area contributed by atoms with E-state index in [1.165, 1.54) is 6.20 Å². The Balaban J connectivity index is 2.29. The van der Waals surface area contributed by atoms with E-state index in [0.717, 1.165) is 24.0 Å². The van der Waals surface area contributed by atoms with Crippen LogP contribution in [0.4, 0.5) is 0 Å². The van der Waals surface area contributed by atoms with Crippen LogP contribution in [0.25, 0.3) is 10.9 Å². The lowest BCUT2D eigenvalue weighted by Crippen LogP contribution is -2.27. The van der Waals surface area contributed by atoms with Crippen LogP contribution in [0, 0.1) is 0 Å². The fraction of sp³-hybridized carbons (Fsp3) is 0.385. The highest BCUT2D eigenvalue weighted by Gasteiger charge is 2.02. The second-order valence-electron chi connectivity index (χ2n) is 4.36. The molecule has 0 aliphatic rings. The molecular formula is C13H17N3O. The highest BCUT2D eigenvalue weighted by molar-refractivity contribution is 5.77. The Bertz CT molecular complexity index is 560. The molecule has 4 heteroatoms. The normalized spacial score (nSPS) is 11.2. The quantitative estimate of drug-likeness (QED) is 0.865. The van der Waals surface area contributed by atoms with Crippen LogP contribution in [0.3, 0.4) is 0 Å². The lowest BCUT2D eigenvalue weighted by Gasteiger charge is -2.11. The SMILES string of the molecule is CC(C)NCCn1ncc(=O)c2ccccc21. The van der Waals surface area contributed by atoms with Crippen LogP contribution < -0.4 is 10.7 Å². The van der Waals surface area contributed by atoms with Crippen LogP contribution in [0.5, 0.6) is 0 Å². The zero-order valence-electron chi connectivity index (χ0n) is 10.2. The molecule has 0 aliphatic heterocycles. The van der Waals surface area contributed by atoms with Crippen molar-refractivity contribution < 1.29 is 0 Å². The van der Waals surface area contributed by atoms with Gasteiger partial charge in [-0.25, -0.2) is 0 Å². The minimum atomic E-state index is -0.0198. The Kier molecular flexibility index (Phi) is 3.54. The first kappa shape index (κ1) is 11.8. The Labute approximate surface area is 100 Å². The molecule has 1 aromatic heterocycles. The van der Waals surface area contributed by atoms with Gasteiger partial charge in [-0.1, -0.05) is 26.0 Å². The molecule has 0 bridgehead atoms. The monoisotopic (exact) mass is 231 g/mol. The van der Waals surface area contributed by atoms with Crippen molar-refractivity contribution in [3.63, 3.8) is 0 Å². The van der Waals surface area contributed by atoms with Crippen LogP contribution >= 0.6 is 0 Å². The molecule has 0 saturated heterocycles. The van der Waals surface area contributed by atoms with E-state index in [2.05, 4.69) is 24.3 Å². The molecule has 0 atom stereocenters. The van der Waals surface area contributed by atoms with E-state index >= 15 is 0 Å². The Hall–Kier alpha value is -1.68. The average molecular weight is 231 g/mol. The number of fused-ring (bicyclic) bond motifs is 1. The van der Waals surface area contributed by atoms with Gasteiger partial charge in [-0.15, -0.1) is 0 Å². The Morgan fingerprint density at radius 1 is 1.35 bits per heavy atom. The third-order valence-corrected chi connectivity index (χ3v) is 2.64. The molecule has 0 spiro atoms. The first-order valence-electron chi connectivity index (χ1n) is 5.87. The van der Waals surface area contributed by atoms with Gasteiger partial charge in [-0.2, -0.15) is 5.10 Å². The third-order valence-electron chi connectivity index (χ3n) is 2.64. The number of hydrogen-bond acceptors (Lipinski definition) is 3. The van der Waals surface area contributed by atoms with Crippen LogP contribution in [0.15, 0.2) is 35.3 Å². The van der Waals surface area contributed by atoms with Gasteiger partial charge in [-0.3, -0.25) is 9.48 Å². The van der Waals surface area contributed by atoms with Crippen molar-refractivity contribution in [2.75, 3.05) is 6.54 Å². The fourth-order valence-electron chi connectivity index (χ4n) is 1.80. The van der Waals surface area contributed by atoms with Crippen LogP contribution in [-0.4, -0.2) is 22.4 Å². The number of nitrogens with one attached hydrogen (secondary N) is 1. The maximum atomic E-state index is 11.6. The van der Waals surface area contributed by atoms with Crippen molar-refractivity contribution >= 4 is 10.9 Å². The lowest BCUT2D eigenvalue weighted by atomic mass is 10.2. The van der Waals surface area contributed by atoms with Gasteiger partial charge in [0.2, 0.25) is 5.43 Å². The second kappa shape index (κ2) is 5.10. The average Bonchev–Trinajstić information content (AvgIpc) is 2.32. The predicted octanol–water partition coefficient (Wildman–Crippen LogP) is 1.39. The third kappa shape index (κ3) is 2.71. The first-order chi connectivity index (χ1) is 8.18. The summed E-state index contributed by atoms with van der Waals surface area (Å²) in [5, 5.41) is 8.23. The van der Waals surface area contributed by atoms with E-state index < -0.39 is 0 Å². The van der Waals surface area contributed by atoms with Gasteiger partial charge in [0, 0.05) is 18.0 Å². The topological polar surface area (TPSA) is 46.9 Å². The maximum Gasteiger partial charge on any atom is 0.207 e. The van der Waals surface area contributed by atoms with E-state index in [1.807, 2.05) is 28.9 Å². The fourth-order valence-corrected chi connectivity index (χ4v) is 1.80. The van der Waals surface area contributed by atoms with Crippen molar-refractivity contribution in [2.45, 2.75) is 26.4 Å². The Morgan fingerprint density at radius 3 is 2.88 bits per heavy atom. The van der Waals surface area contributed by atoms with Crippen molar-refractivity contribution in [1.29, 1.82) is 0 Å². The number of rotatable bonds is 4. The van der Waals surface area contributed by atoms with E-state index in [0.29, 0.717) is 6.04 Å². The summed E-state index contributed by atoms with van der Waals surface area (Å²) in [7, 11) is 0. The summed E-state index contributed by atoms with van der Waals surface area (Å²) in [4.78, 5) is 11.6. The van der Waals surface area contributed by atoms with Crippen molar-refractivity contribution in [3.8, 4) is 0 Å². The van der Waals surface area contributed by atoms with Crippen molar-refractivity contribution in [1.82, 2.24) is 15.1 Å². The summed E-state index contributed by atoms with van der Waals surface area (Å²) in [5.74, 6) is 0. The first-order valence-corrected chi connectivity index (χ1v) is 5.87. The van der Waals surface area contributed by atoms with Gasteiger partial charge in [0.25, 0.3) is 0 Å². The largest absolute Gasteiger partial charge is 0.313 e. The molecule has 0 saturated carbocycles. The molecule has 1 N–H and O–H groups in total. The molecule has 1 heterocycles. The van der Waals surface area contributed by atoms with Crippen LogP contribution in [0.2, 0.25) is 0 Å². The number of nitrogens with zero attached hydrogens (tertiary/aromatic N) is 2. The van der Waals surface area contributed by atoms with Crippen molar-refractivity contribution in [3.05, 3.63) is 40.7 Å². The predicted molar refractivity (Wildman–Crippen MR) is 69.1 cm³/mol. The summed E-state index contributed by atoms with van der Waals surface area (Å²) in [6, 6.07) is 8.03. The van der Waals surface area contributed by atoms with Gasteiger partial charge in [0.1, 0.15) is 0 Å². The van der Waals surface area contributed by atoms with Crippen LogP contribution in [0.1, 0.15) is 13.8 Å². The standard InChI is InChI=1S/C13H17N3O/c1-10(2)14-7-8-16-12-6-4-3-5-11(12)13(17)9-15-16/h3-6,9-10,14H,7-8H2,1-2H3. The molecule has 2 rings (SSSR count). The molecule has 0 radical (unpaired) electrons. The zero-order valence-corrected chi connectivity index (χ0v) is 10.2. The molecule has 90 valence electrons. The summed E-state index contributed by atoms with van der Waals surface area (Å²) < 4.78 is 1.87. The summed E-state index contributed by atoms with van der Waals surface area (Å²) in [5.41, 5.74) is 0.874. The molecule has 1 aromatic carbocycles. The molecule has 17 heavy (non-hydrogen) atoms. The molecule has 0 aliphatic carbocycles. The van der Waals surface area contributed by atoms with E-state index in [9.17, 15) is 4.79 Å². The van der Waals surface area contributed by atoms with Gasteiger partial charge < -0.3 is 5.32 Å². The summed E-state index contributed by atoms with van der Waals surface area (Å²) in [6.07, 6.45) is 1.39. The van der Waals surface area contributed by atoms with Crippen molar-refractivity contribution in [2.24, 2.45) is 0 Å².